The molecule has 19 heavy (non-hydrogen) atoms. The quantitative estimate of drug-likeness (QED) is 0.709. The number of carbonyl (C=O) groups is 1. The Morgan fingerprint density at radius 2 is 2.00 bits per heavy atom. The molecule has 2 unspecified atom stereocenters. The first-order chi connectivity index (χ1) is 8.98. The third-order valence-corrected chi connectivity index (χ3v) is 4.17. The van der Waals surface area contributed by atoms with E-state index in [1.807, 2.05) is 24.3 Å². The van der Waals surface area contributed by atoms with Crippen molar-refractivity contribution in [3.8, 4) is 0 Å². The number of hydrogen-bond acceptors (Lipinski definition) is 1. The second kappa shape index (κ2) is 4.25. The number of fused-ring (bicyclic) bond motifs is 3. The summed E-state index contributed by atoms with van der Waals surface area (Å²) in [5, 5.41) is 0. The maximum absolute atomic E-state index is 12.6. The van der Waals surface area contributed by atoms with Gasteiger partial charge in [0.05, 0.1) is 0 Å². The number of piperidine rings is 1. The molecule has 2 aliphatic rings. The van der Waals surface area contributed by atoms with Crippen molar-refractivity contribution in [2.24, 2.45) is 0 Å². The van der Waals surface area contributed by atoms with Crippen LogP contribution in [0.25, 0.3) is 0 Å². The second-order valence-corrected chi connectivity index (χ2v) is 5.22. The van der Waals surface area contributed by atoms with E-state index in [2.05, 4.69) is 0 Å². The Balaban J connectivity index is 1.90. The van der Waals surface area contributed by atoms with Gasteiger partial charge in [-0.15, -0.1) is 0 Å². The summed E-state index contributed by atoms with van der Waals surface area (Å²) in [6.07, 6.45) is -2.72. The van der Waals surface area contributed by atoms with E-state index in [1.54, 1.807) is 0 Å². The highest BCUT2D eigenvalue weighted by Gasteiger charge is 2.49. The molecule has 1 amide bonds. The number of halogens is 3. The van der Waals surface area contributed by atoms with Crippen molar-refractivity contribution in [2.45, 2.75) is 37.4 Å². The van der Waals surface area contributed by atoms with E-state index in [1.165, 1.54) is 0 Å². The van der Waals surface area contributed by atoms with Gasteiger partial charge in [0.1, 0.15) is 0 Å². The molecule has 1 aromatic rings. The molecule has 1 heterocycles. The van der Waals surface area contributed by atoms with Crippen LogP contribution in [0.4, 0.5) is 13.2 Å². The third-order valence-electron chi connectivity index (χ3n) is 4.17. The van der Waals surface area contributed by atoms with E-state index < -0.39 is 12.1 Å². The second-order valence-electron chi connectivity index (χ2n) is 5.22. The maximum atomic E-state index is 12.6. The van der Waals surface area contributed by atoms with Crippen LogP contribution in [0, 0.1) is 0 Å². The lowest BCUT2D eigenvalue weighted by atomic mass is 9.88. The van der Waals surface area contributed by atoms with Crippen molar-refractivity contribution < 1.29 is 18.0 Å². The Hall–Kier alpha value is -1.52. The monoisotopic (exact) mass is 269 g/mol. The summed E-state index contributed by atoms with van der Waals surface area (Å²) in [5.41, 5.74) is 2.20. The van der Waals surface area contributed by atoms with Crippen LogP contribution >= 0.6 is 0 Å². The average molecular weight is 269 g/mol. The molecular weight excluding hydrogens is 255 g/mol. The number of alkyl halides is 3. The Kier molecular flexibility index (Phi) is 2.80. The molecule has 0 bridgehead atoms. The van der Waals surface area contributed by atoms with E-state index in [4.69, 9.17) is 0 Å². The zero-order valence-electron chi connectivity index (χ0n) is 10.3. The number of rotatable bonds is 0. The molecule has 0 N–H and O–H groups in total. The number of hydrogen-bond donors (Lipinski definition) is 0. The molecule has 1 aliphatic heterocycles. The highest BCUT2D eigenvalue weighted by atomic mass is 19.4. The van der Waals surface area contributed by atoms with Gasteiger partial charge in [-0.25, -0.2) is 0 Å². The molecule has 1 aliphatic carbocycles. The van der Waals surface area contributed by atoms with Gasteiger partial charge in [0.2, 0.25) is 0 Å². The van der Waals surface area contributed by atoms with Crippen LogP contribution < -0.4 is 0 Å². The fraction of sp³-hybridized carbons (Fsp3) is 0.500. The van der Waals surface area contributed by atoms with Crippen LogP contribution in [-0.2, 0) is 11.2 Å². The third kappa shape index (κ3) is 2.01. The summed E-state index contributed by atoms with van der Waals surface area (Å²) in [6, 6.07) is 7.41. The molecule has 0 spiro atoms. The number of amides is 1. The van der Waals surface area contributed by atoms with Crippen molar-refractivity contribution in [3.63, 3.8) is 0 Å². The van der Waals surface area contributed by atoms with E-state index in [9.17, 15) is 18.0 Å². The SMILES string of the molecule is O=C(N1CCCC2c3ccccc3CC21)C(F)(F)F. The number of carbonyl (C=O) groups excluding carboxylic acids is 1. The fourth-order valence-electron chi connectivity index (χ4n) is 3.39. The van der Waals surface area contributed by atoms with E-state index in [-0.39, 0.29) is 18.5 Å². The Labute approximate surface area is 109 Å². The van der Waals surface area contributed by atoms with Crippen molar-refractivity contribution in [1.82, 2.24) is 4.90 Å². The summed E-state index contributed by atoms with van der Waals surface area (Å²) >= 11 is 0. The predicted octanol–water partition coefficient (Wildman–Crippen LogP) is 2.88. The summed E-state index contributed by atoms with van der Waals surface area (Å²) in [6.45, 7) is 0.216. The minimum atomic E-state index is -4.77. The minimum Gasteiger partial charge on any atom is -0.331 e. The molecule has 1 aromatic carbocycles. The number of benzene rings is 1. The van der Waals surface area contributed by atoms with Crippen LogP contribution in [0.3, 0.4) is 0 Å². The lowest BCUT2D eigenvalue weighted by Gasteiger charge is -2.38. The topological polar surface area (TPSA) is 20.3 Å². The lowest BCUT2D eigenvalue weighted by molar-refractivity contribution is -0.189. The molecular formula is C14H14F3NO. The molecule has 0 radical (unpaired) electrons. The first-order valence-corrected chi connectivity index (χ1v) is 6.44. The Bertz CT molecular complexity index is 512. The van der Waals surface area contributed by atoms with E-state index in [0.29, 0.717) is 12.8 Å². The smallest absolute Gasteiger partial charge is 0.331 e. The maximum Gasteiger partial charge on any atom is 0.471 e. The van der Waals surface area contributed by atoms with Crippen LogP contribution in [0.15, 0.2) is 24.3 Å². The molecule has 2 nitrogen and oxygen atoms in total. The van der Waals surface area contributed by atoms with Crippen LogP contribution in [0.5, 0.6) is 0 Å². The van der Waals surface area contributed by atoms with Crippen molar-refractivity contribution >= 4 is 5.91 Å². The van der Waals surface area contributed by atoms with Gasteiger partial charge in [0.15, 0.2) is 0 Å². The molecule has 5 heteroatoms. The molecule has 0 saturated carbocycles. The zero-order chi connectivity index (χ0) is 13.6. The lowest BCUT2D eigenvalue weighted by Crippen LogP contribution is -2.51. The summed E-state index contributed by atoms with van der Waals surface area (Å²) < 4.78 is 37.9. The minimum absolute atomic E-state index is 0.0660. The van der Waals surface area contributed by atoms with Gasteiger partial charge in [-0.1, -0.05) is 24.3 Å². The molecule has 102 valence electrons. The van der Waals surface area contributed by atoms with Crippen LogP contribution in [0.1, 0.15) is 29.9 Å². The zero-order valence-corrected chi connectivity index (χ0v) is 10.3. The van der Waals surface area contributed by atoms with Gasteiger partial charge < -0.3 is 4.90 Å². The van der Waals surface area contributed by atoms with E-state index >= 15 is 0 Å². The van der Waals surface area contributed by atoms with Crippen LogP contribution in [-0.4, -0.2) is 29.6 Å². The number of nitrogens with zero attached hydrogens (tertiary/aromatic N) is 1. The highest BCUT2D eigenvalue weighted by Crippen LogP contribution is 2.42. The van der Waals surface area contributed by atoms with Crippen LogP contribution in [0.2, 0.25) is 0 Å². The van der Waals surface area contributed by atoms with Crippen molar-refractivity contribution in [2.75, 3.05) is 6.54 Å². The normalized spacial score (nSPS) is 25.9. The molecule has 2 atom stereocenters. The van der Waals surface area contributed by atoms with Gasteiger partial charge in [-0.2, -0.15) is 13.2 Å². The standard InChI is InChI=1S/C14H14F3NO/c15-14(16,17)13(19)18-7-3-6-11-10-5-2-1-4-9(10)8-12(11)18/h1-2,4-5,11-12H,3,6-8H2. The first kappa shape index (κ1) is 12.5. The van der Waals surface area contributed by atoms with Crippen molar-refractivity contribution in [1.29, 1.82) is 0 Å². The molecule has 3 rings (SSSR count). The van der Waals surface area contributed by atoms with Gasteiger partial charge >= 0.3 is 12.1 Å². The van der Waals surface area contributed by atoms with Crippen molar-refractivity contribution in [3.05, 3.63) is 35.4 Å². The van der Waals surface area contributed by atoms with E-state index in [0.717, 1.165) is 22.4 Å². The largest absolute Gasteiger partial charge is 0.471 e. The fourth-order valence-corrected chi connectivity index (χ4v) is 3.39. The van der Waals surface area contributed by atoms with Gasteiger partial charge in [-0.3, -0.25) is 4.79 Å². The molecule has 0 aromatic heterocycles. The molecule has 1 fully saturated rings. The first-order valence-electron chi connectivity index (χ1n) is 6.44. The Morgan fingerprint density at radius 1 is 1.26 bits per heavy atom. The van der Waals surface area contributed by atoms with Gasteiger partial charge in [0, 0.05) is 18.5 Å². The summed E-state index contributed by atoms with van der Waals surface area (Å²) in [4.78, 5) is 12.6. The van der Waals surface area contributed by atoms with Gasteiger partial charge in [0.25, 0.3) is 0 Å². The average Bonchev–Trinajstić information content (AvgIpc) is 2.75. The predicted molar refractivity (Wildman–Crippen MR) is 63.7 cm³/mol. The number of likely N-dealkylation sites (tertiary alicyclic amines) is 1. The Morgan fingerprint density at radius 3 is 2.74 bits per heavy atom. The highest BCUT2D eigenvalue weighted by molar-refractivity contribution is 5.82. The molecule has 1 saturated heterocycles. The summed E-state index contributed by atoms with van der Waals surface area (Å²) in [7, 11) is 0. The summed E-state index contributed by atoms with van der Waals surface area (Å²) in [5.74, 6) is -1.62. The van der Waals surface area contributed by atoms with Gasteiger partial charge in [-0.05, 0) is 30.4 Å².